The first-order valence-corrected chi connectivity index (χ1v) is 16.8. The third kappa shape index (κ3) is 7.42. The van der Waals surface area contributed by atoms with Crippen molar-refractivity contribution in [2.24, 2.45) is 5.73 Å². The van der Waals surface area contributed by atoms with E-state index in [4.69, 9.17) is 24.9 Å². The number of fused-ring (bicyclic) bond motifs is 5. The van der Waals surface area contributed by atoms with Crippen LogP contribution in [0.5, 0.6) is 0 Å². The van der Waals surface area contributed by atoms with E-state index in [1.165, 1.54) is 10.6 Å². The predicted octanol–water partition coefficient (Wildman–Crippen LogP) is -1.21. The number of ether oxygens (including phenoxy) is 3. The van der Waals surface area contributed by atoms with Crippen molar-refractivity contribution in [3.63, 3.8) is 0 Å². The van der Waals surface area contributed by atoms with Gasteiger partial charge in [-0.2, -0.15) is 0 Å². The molecule has 2 aromatic heterocycles. The fraction of sp³-hybridized carbons (Fsp3) is 0.412. The molecule has 0 spiro atoms. The molecule has 0 radical (unpaired) electrons. The van der Waals surface area contributed by atoms with Crippen LogP contribution >= 0.6 is 0 Å². The fourth-order valence-electron chi connectivity index (χ4n) is 6.34. The molecule has 282 valence electrons. The van der Waals surface area contributed by atoms with Gasteiger partial charge in [0.2, 0.25) is 17.7 Å². The molecule has 5 heterocycles. The number of rotatable bonds is 14. The Bertz CT molecular complexity index is 2090. The van der Waals surface area contributed by atoms with Crippen LogP contribution in [0.2, 0.25) is 0 Å². The molecule has 0 saturated heterocycles. The minimum absolute atomic E-state index is 0.00272. The first kappa shape index (κ1) is 37.3. The number of hydrogen-bond acceptors (Lipinski definition) is 14. The van der Waals surface area contributed by atoms with E-state index in [-0.39, 0.29) is 77.0 Å². The highest BCUT2D eigenvalue weighted by molar-refractivity contribution is 5.90. The van der Waals surface area contributed by atoms with E-state index in [1.807, 2.05) is 6.20 Å². The van der Waals surface area contributed by atoms with Gasteiger partial charge in [-0.15, -0.1) is 5.53 Å². The van der Waals surface area contributed by atoms with Crippen molar-refractivity contribution >= 4 is 34.6 Å². The molecule has 19 heteroatoms. The van der Waals surface area contributed by atoms with Gasteiger partial charge in [-0.25, -0.2) is 14.2 Å². The highest BCUT2D eigenvalue weighted by atomic mass is 19.1. The van der Waals surface area contributed by atoms with Crippen LogP contribution < -0.4 is 32.8 Å². The first-order valence-electron chi connectivity index (χ1n) is 16.8. The van der Waals surface area contributed by atoms with E-state index in [0.29, 0.717) is 33.6 Å². The smallest absolute Gasteiger partial charge is 0.343 e. The van der Waals surface area contributed by atoms with Crippen LogP contribution in [0.15, 0.2) is 34.9 Å². The lowest BCUT2D eigenvalue weighted by Crippen LogP contribution is -2.44. The molecule has 6 rings (SSSR count). The number of nitrogens with zero attached hydrogens (tertiary/aromatic N) is 4. The van der Waals surface area contributed by atoms with Crippen LogP contribution in [0.25, 0.3) is 22.3 Å². The SMILES string of the molecule is CC[C@@]1(O)C(=O)OCc2c1cc1n(c2=O)Cc2c-1nc1cc(F)c(C)cc1c2CN1C=C(COCNC(=O)CNC(=O)COCNC(=O)CN)N(C)N1. The van der Waals surface area contributed by atoms with Gasteiger partial charge >= 0.3 is 5.97 Å². The Labute approximate surface area is 302 Å². The summed E-state index contributed by atoms with van der Waals surface area (Å²) in [5.74, 6) is -2.73. The molecule has 1 aromatic carbocycles. The van der Waals surface area contributed by atoms with Crippen LogP contribution in [0, 0.1) is 12.7 Å². The number of benzene rings is 1. The minimum Gasteiger partial charge on any atom is -0.458 e. The van der Waals surface area contributed by atoms with E-state index >= 15 is 0 Å². The van der Waals surface area contributed by atoms with Gasteiger partial charge in [0.1, 0.15) is 32.5 Å². The van der Waals surface area contributed by atoms with Crippen molar-refractivity contribution < 1.29 is 42.9 Å². The maximum Gasteiger partial charge on any atom is 0.343 e. The van der Waals surface area contributed by atoms with Gasteiger partial charge in [0.25, 0.3) is 5.56 Å². The second-order valence-corrected chi connectivity index (χ2v) is 12.7. The molecule has 0 aliphatic carbocycles. The number of carbonyl (C=O) groups is 4. The molecule has 53 heavy (non-hydrogen) atoms. The maximum absolute atomic E-state index is 14.9. The van der Waals surface area contributed by atoms with Crippen LogP contribution in [-0.4, -0.2) is 95.2 Å². The number of aromatic nitrogens is 2. The Morgan fingerprint density at radius 1 is 1.09 bits per heavy atom. The van der Waals surface area contributed by atoms with Crippen LogP contribution in [0.1, 0.15) is 41.2 Å². The number of pyridine rings is 2. The van der Waals surface area contributed by atoms with Gasteiger partial charge in [0.15, 0.2) is 5.60 Å². The maximum atomic E-state index is 14.9. The van der Waals surface area contributed by atoms with E-state index in [9.17, 15) is 33.5 Å². The number of aliphatic hydroxyl groups is 1. The van der Waals surface area contributed by atoms with Crippen molar-refractivity contribution in [1.29, 1.82) is 0 Å². The Hall–Kier alpha value is -5.47. The van der Waals surface area contributed by atoms with Crippen molar-refractivity contribution in [3.8, 4) is 11.4 Å². The average Bonchev–Trinajstić information content (AvgIpc) is 3.69. The molecule has 18 nitrogen and oxygen atoms in total. The molecule has 0 bridgehead atoms. The minimum atomic E-state index is -1.98. The summed E-state index contributed by atoms with van der Waals surface area (Å²) in [7, 11) is 1.78. The number of cyclic esters (lactones) is 1. The number of halogens is 1. The molecule has 7 N–H and O–H groups in total. The lowest BCUT2D eigenvalue weighted by Gasteiger charge is -2.31. The number of hydrogen-bond donors (Lipinski definition) is 6. The second-order valence-electron chi connectivity index (χ2n) is 12.7. The largest absolute Gasteiger partial charge is 0.458 e. The zero-order chi connectivity index (χ0) is 38.0. The number of hydrazine groups is 2. The summed E-state index contributed by atoms with van der Waals surface area (Å²) in [6.45, 7) is 2.35. The Balaban J connectivity index is 1.14. The fourth-order valence-corrected chi connectivity index (χ4v) is 6.34. The molecule has 3 aromatic rings. The zero-order valence-electron chi connectivity index (χ0n) is 29.3. The van der Waals surface area contributed by atoms with E-state index in [1.54, 1.807) is 43.0 Å². The lowest BCUT2D eigenvalue weighted by molar-refractivity contribution is -0.172. The normalized spacial score (nSPS) is 17.2. The van der Waals surface area contributed by atoms with Crippen LogP contribution in [0.3, 0.4) is 0 Å². The molecule has 0 unspecified atom stereocenters. The van der Waals surface area contributed by atoms with Gasteiger partial charge in [0, 0.05) is 35.8 Å². The number of likely N-dealkylation sites (N-methyl/N-ethyl adjacent to an activating group) is 1. The number of aryl methyl sites for hydroxylation is 1. The molecule has 0 saturated carbocycles. The quantitative estimate of drug-likeness (QED) is 0.0507. The van der Waals surface area contributed by atoms with Crippen molar-refractivity contribution in [3.05, 3.63) is 74.1 Å². The highest BCUT2D eigenvalue weighted by Gasteiger charge is 2.45. The Morgan fingerprint density at radius 2 is 1.85 bits per heavy atom. The van der Waals surface area contributed by atoms with Gasteiger partial charge < -0.3 is 45.6 Å². The second kappa shape index (κ2) is 15.2. The molecular formula is C34H40FN9O9. The van der Waals surface area contributed by atoms with Crippen LogP contribution in [-0.2, 0) is 58.7 Å². The molecule has 3 aliphatic rings. The molecule has 3 aliphatic heterocycles. The standard InChI is InChI=1S/C34H40FN9O9/c1-4-34(50)24-6-27-31-22(12-44(27)32(48)23(24)14-53-33(34)49)21(20-5-18(2)25(35)7-26(20)40-31)11-43-10-19(42(3)41-43)13-51-17-39-29(46)9-37-30(47)15-52-16-38-28(45)8-36/h5-7,10,41,50H,4,8-9,11-17,36H2,1-3H3,(H,37,47)(H,38,45)(H,39,46)/t34-/m0/s1. The Morgan fingerprint density at radius 3 is 2.60 bits per heavy atom. The average molecular weight is 738 g/mol. The third-order valence-corrected chi connectivity index (χ3v) is 9.29. The highest BCUT2D eigenvalue weighted by Crippen LogP contribution is 2.41. The van der Waals surface area contributed by atoms with E-state index < -0.39 is 40.7 Å². The van der Waals surface area contributed by atoms with Gasteiger partial charge in [-0.05, 0) is 36.6 Å². The van der Waals surface area contributed by atoms with Gasteiger partial charge in [0.05, 0.1) is 61.0 Å². The monoisotopic (exact) mass is 737 g/mol. The van der Waals surface area contributed by atoms with Crippen LogP contribution in [0.4, 0.5) is 4.39 Å². The van der Waals surface area contributed by atoms with Gasteiger partial charge in [-0.1, -0.05) is 6.92 Å². The summed E-state index contributed by atoms with van der Waals surface area (Å²) in [4.78, 5) is 66.3. The van der Waals surface area contributed by atoms with E-state index in [2.05, 4.69) is 21.5 Å². The topological polar surface area (TPSA) is 232 Å². The summed E-state index contributed by atoms with van der Waals surface area (Å²) in [6.07, 6.45) is 1.81. The summed E-state index contributed by atoms with van der Waals surface area (Å²) in [5.41, 5.74) is 10.3. The van der Waals surface area contributed by atoms with E-state index in [0.717, 1.165) is 11.1 Å². The van der Waals surface area contributed by atoms with Crippen molar-refractivity contribution in [2.75, 3.05) is 46.8 Å². The first-order chi connectivity index (χ1) is 25.3. The molecular weight excluding hydrogens is 697 g/mol. The number of nitrogens with one attached hydrogen (secondary N) is 4. The number of carbonyl (C=O) groups excluding carboxylic acids is 4. The Kier molecular flexibility index (Phi) is 10.7. The molecule has 0 fully saturated rings. The number of amides is 3. The van der Waals surface area contributed by atoms with Crippen molar-refractivity contribution in [1.82, 2.24) is 41.1 Å². The summed E-state index contributed by atoms with van der Waals surface area (Å²) in [5, 5.41) is 22.8. The summed E-state index contributed by atoms with van der Waals surface area (Å²) < 4.78 is 32.2. The third-order valence-electron chi connectivity index (χ3n) is 9.29. The summed E-state index contributed by atoms with van der Waals surface area (Å²) in [6, 6.07) is 4.69. The lowest BCUT2D eigenvalue weighted by atomic mass is 9.86. The van der Waals surface area contributed by atoms with Gasteiger partial charge in [-0.3, -0.25) is 29.2 Å². The van der Waals surface area contributed by atoms with Crippen molar-refractivity contribution in [2.45, 2.75) is 45.6 Å². The molecule has 3 amide bonds. The number of esters is 1. The predicted molar refractivity (Wildman–Crippen MR) is 184 cm³/mol. The molecule has 1 atom stereocenters. The number of nitrogens with two attached hydrogens (primary N) is 1. The summed E-state index contributed by atoms with van der Waals surface area (Å²) >= 11 is 0. The zero-order valence-corrected chi connectivity index (χ0v) is 29.3.